The Morgan fingerprint density at radius 2 is 1.21 bits per heavy atom. The number of rotatable bonds is 5. The first-order valence-electron chi connectivity index (χ1n) is 8.05. The summed E-state index contributed by atoms with van der Waals surface area (Å²) in [7, 11) is -4.09. The van der Waals surface area contributed by atoms with Crippen LogP contribution in [0.5, 0.6) is 11.5 Å². The Labute approximate surface area is 160 Å². The minimum atomic E-state index is -5.68. The molecule has 0 saturated carbocycles. The van der Waals surface area contributed by atoms with E-state index in [1.54, 1.807) is 7.11 Å². The van der Waals surface area contributed by atoms with E-state index >= 15 is 0 Å². The lowest BCUT2D eigenvalue weighted by Crippen LogP contribution is -2.28. The molecule has 0 spiro atoms. The van der Waals surface area contributed by atoms with Crippen LogP contribution in [0.15, 0.2) is 72.8 Å². The van der Waals surface area contributed by atoms with E-state index in [1.165, 1.54) is 24.3 Å². The number of benzene rings is 3. The lowest BCUT2D eigenvalue weighted by molar-refractivity contribution is -0.0500. The van der Waals surface area contributed by atoms with E-state index in [9.17, 15) is 21.6 Å². The first kappa shape index (κ1) is 19.8. The molecule has 0 aliphatic rings. The Hall–Kier alpha value is -3.00. The van der Waals surface area contributed by atoms with Crippen LogP contribution >= 0.6 is 0 Å². The molecule has 0 aromatic heterocycles. The van der Waals surface area contributed by atoms with Gasteiger partial charge < -0.3 is 8.92 Å². The highest BCUT2D eigenvalue weighted by Crippen LogP contribution is 2.30. The first-order valence-corrected chi connectivity index (χ1v) is 9.46. The van der Waals surface area contributed by atoms with E-state index in [-0.39, 0.29) is 0 Å². The quantitative estimate of drug-likeness (QED) is 0.427. The van der Waals surface area contributed by atoms with Crippen LogP contribution < -0.4 is 8.92 Å². The summed E-state index contributed by atoms with van der Waals surface area (Å²) < 4.78 is 68.5. The predicted octanol–water partition coefficient (Wildman–Crippen LogP) is 5.26. The topological polar surface area (TPSA) is 52.6 Å². The molecular weight excluding hydrogens is 393 g/mol. The zero-order chi connectivity index (χ0) is 20.4. The number of alkyl halides is 3. The normalized spacial score (nSPS) is 11.9. The van der Waals surface area contributed by atoms with E-state index in [2.05, 4.69) is 4.18 Å². The van der Waals surface area contributed by atoms with Gasteiger partial charge in [-0.2, -0.15) is 21.6 Å². The molecule has 0 N–H and O–H groups in total. The van der Waals surface area contributed by atoms with Gasteiger partial charge in [-0.15, -0.1) is 0 Å². The fourth-order valence-electron chi connectivity index (χ4n) is 2.53. The molecular formula is C20H15F3O4S. The molecule has 0 aliphatic carbocycles. The maximum Gasteiger partial charge on any atom is 0.534 e. The van der Waals surface area contributed by atoms with E-state index in [0.717, 1.165) is 22.4 Å². The van der Waals surface area contributed by atoms with Crippen molar-refractivity contribution in [2.24, 2.45) is 0 Å². The summed E-state index contributed by atoms with van der Waals surface area (Å²) in [6.45, 7) is 0. The van der Waals surface area contributed by atoms with Gasteiger partial charge in [0, 0.05) is 0 Å². The standard InChI is InChI=1S/C20H15F3O4S/c1-26-19-4-2-3-17(13-19)16-7-5-14(6-8-16)15-9-11-18(12-10-15)27-28(24,25)20(21,22)23/h2-13H,1H3. The van der Waals surface area contributed by atoms with Crippen LogP contribution in [0.25, 0.3) is 22.3 Å². The van der Waals surface area contributed by atoms with E-state index < -0.39 is 21.4 Å². The van der Waals surface area contributed by atoms with Crippen molar-refractivity contribution in [3.05, 3.63) is 72.8 Å². The third-order valence-corrected chi connectivity index (χ3v) is 4.94. The molecule has 0 fully saturated rings. The summed E-state index contributed by atoms with van der Waals surface area (Å²) in [6, 6.07) is 20.4. The molecule has 0 amide bonds. The van der Waals surface area contributed by atoms with Gasteiger partial charge in [0.2, 0.25) is 0 Å². The molecule has 0 unspecified atom stereocenters. The molecule has 4 nitrogen and oxygen atoms in total. The van der Waals surface area contributed by atoms with E-state index in [4.69, 9.17) is 4.74 Å². The molecule has 8 heteroatoms. The highest BCUT2D eigenvalue weighted by atomic mass is 32.2. The largest absolute Gasteiger partial charge is 0.534 e. The fourth-order valence-corrected chi connectivity index (χ4v) is 2.99. The van der Waals surface area contributed by atoms with Crippen LogP contribution in [0, 0.1) is 0 Å². The molecule has 0 aliphatic heterocycles. The van der Waals surface area contributed by atoms with Gasteiger partial charge in [-0.05, 0) is 46.5 Å². The molecule has 0 bridgehead atoms. The maximum atomic E-state index is 12.4. The summed E-state index contributed by atoms with van der Waals surface area (Å²) in [5.41, 5.74) is -2.00. The second-order valence-corrected chi connectivity index (χ2v) is 7.35. The van der Waals surface area contributed by atoms with Crippen molar-refractivity contribution in [1.82, 2.24) is 0 Å². The van der Waals surface area contributed by atoms with Gasteiger partial charge in [-0.1, -0.05) is 48.5 Å². The molecule has 3 aromatic carbocycles. The number of hydrogen-bond acceptors (Lipinski definition) is 4. The Bertz CT molecular complexity index is 1060. The molecule has 0 atom stereocenters. The average molecular weight is 408 g/mol. The molecule has 0 radical (unpaired) electrons. The molecule has 3 rings (SSSR count). The van der Waals surface area contributed by atoms with Crippen molar-refractivity contribution >= 4 is 10.1 Å². The Morgan fingerprint density at radius 1 is 0.714 bits per heavy atom. The molecule has 146 valence electrons. The molecule has 0 heterocycles. The highest BCUT2D eigenvalue weighted by Gasteiger charge is 2.48. The van der Waals surface area contributed by atoms with E-state index in [0.29, 0.717) is 5.56 Å². The predicted molar refractivity (Wildman–Crippen MR) is 99.5 cm³/mol. The highest BCUT2D eigenvalue weighted by molar-refractivity contribution is 7.88. The summed E-state index contributed by atoms with van der Waals surface area (Å²) in [5, 5.41) is 0. The second-order valence-electron chi connectivity index (χ2n) is 5.82. The third kappa shape index (κ3) is 4.28. The van der Waals surface area contributed by atoms with Crippen LogP contribution in [0.1, 0.15) is 0 Å². The van der Waals surface area contributed by atoms with Gasteiger partial charge in [0.25, 0.3) is 0 Å². The van der Waals surface area contributed by atoms with Gasteiger partial charge in [0.05, 0.1) is 7.11 Å². The first-order chi connectivity index (χ1) is 13.2. The van der Waals surface area contributed by atoms with Crippen molar-refractivity contribution in [3.63, 3.8) is 0 Å². The zero-order valence-corrected chi connectivity index (χ0v) is 15.4. The lowest BCUT2D eigenvalue weighted by atomic mass is 10.0. The Balaban J connectivity index is 1.79. The third-order valence-electron chi connectivity index (χ3n) is 3.97. The maximum absolute atomic E-state index is 12.4. The number of hydrogen-bond donors (Lipinski definition) is 0. The van der Waals surface area contributed by atoms with Gasteiger partial charge in [0.1, 0.15) is 11.5 Å². The summed E-state index contributed by atoms with van der Waals surface area (Å²) >= 11 is 0. The van der Waals surface area contributed by atoms with Crippen molar-refractivity contribution < 1.29 is 30.5 Å². The monoisotopic (exact) mass is 408 g/mol. The minimum Gasteiger partial charge on any atom is -0.497 e. The van der Waals surface area contributed by atoms with Crippen LogP contribution in [-0.4, -0.2) is 21.0 Å². The van der Waals surface area contributed by atoms with Gasteiger partial charge in [-0.3, -0.25) is 0 Å². The van der Waals surface area contributed by atoms with Gasteiger partial charge >= 0.3 is 15.6 Å². The number of ether oxygens (including phenoxy) is 1. The summed E-state index contributed by atoms with van der Waals surface area (Å²) in [6.07, 6.45) is 0. The van der Waals surface area contributed by atoms with Crippen molar-refractivity contribution in [3.8, 4) is 33.8 Å². The van der Waals surface area contributed by atoms with Gasteiger partial charge in [-0.25, -0.2) is 0 Å². The fraction of sp³-hybridized carbons (Fsp3) is 0.100. The van der Waals surface area contributed by atoms with Crippen LogP contribution in [-0.2, 0) is 10.1 Å². The number of halogens is 3. The number of methoxy groups -OCH3 is 1. The minimum absolute atomic E-state index is 0.408. The smallest absolute Gasteiger partial charge is 0.497 e. The molecule has 28 heavy (non-hydrogen) atoms. The van der Waals surface area contributed by atoms with Crippen LogP contribution in [0.3, 0.4) is 0 Å². The molecule has 3 aromatic rings. The summed E-state index contributed by atoms with van der Waals surface area (Å²) in [5.74, 6) is 0.333. The van der Waals surface area contributed by atoms with Gasteiger partial charge in [0.15, 0.2) is 0 Å². The summed E-state index contributed by atoms with van der Waals surface area (Å²) in [4.78, 5) is 0. The Morgan fingerprint density at radius 3 is 1.71 bits per heavy atom. The average Bonchev–Trinajstić information content (AvgIpc) is 2.68. The van der Waals surface area contributed by atoms with Crippen molar-refractivity contribution in [1.29, 1.82) is 0 Å². The Kier molecular flexibility index (Phi) is 5.33. The van der Waals surface area contributed by atoms with Crippen LogP contribution in [0.4, 0.5) is 13.2 Å². The SMILES string of the molecule is COc1cccc(-c2ccc(-c3ccc(OS(=O)(=O)C(F)(F)F)cc3)cc2)c1. The zero-order valence-electron chi connectivity index (χ0n) is 14.6. The second kappa shape index (κ2) is 7.55. The van der Waals surface area contributed by atoms with E-state index in [1.807, 2.05) is 48.5 Å². The molecule has 0 saturated heterocycles. The van der Waals surface area contributed by atoms with Crippen molar-refractivity contribution in [2.45, 2.75) is 5.51 Å². The lowest BCUT2D eigenvalue weighted by Gasteiger charge is -2.10. The van der Waals surface area contributed by atoms with Crippen LogP contribution in [0.2, 0.25) is 0 Å². The van der Waals surface area contributed by atoms with Crippen molar-refractivity contribution in [2.75, 3.05) is 7.11 Å².